The number of nitrogens with one attached hydrogen (secondary N) is 1. The summed E-state index contributed by atoms with van der Waals surface area (Å²) in [6, 6.07) is 3.82. The Labute approximate surface area is 175 Å². The SMILES string of the molecule is Cc1ccnc(NC(=O)C2CCN(c3ncnc4c3nc3n4CCCCC3)CC2)c1. The van der Waals surface area contributed by atoms with Crippen molar-refractivity contribution >= 4 is 28.7 Å². The fraction of sp³-hybridized carbons (Fsp3) is 0.500. The van der Waals surface area contributed by atoms with Crippen molar-refractivity contribution in [3.63, 3.8) is 0 Å². The summed E-state index contributed by atoms with van der Waals surface area (Å²) in [6.07, 6.45) is 9.56. The quantitative estimate of drug-likeness (QED) is 0.720. The van der Waals surface area contributed by atoms with E-state index < -0.39 is 0 Å². The number of hydrogen-bond acceptors (Lipinski definition) is 6. The molecule has 2 aliphatic heterocycles. The van der Waals surface area contributed by atoms with Gasteiger partial charge in [-0.2, -0.15) is 0 Å². The number of aryl methyl sites for hydroxylation is 3. The van der Waals surface area contributed by atoms with Crippen molar-refractivity contribution < 1.29 is 4.79 Å². The first kappa shape index (κ1) is 19.0. The van der Waals surface area contributed by atoms with Crippen LogP contribution < -0.4 is 10.2 Å². The predicted molar refractivity (Wildman–Crippen MR) is 115 cm³/mol. The normalized spacial score (nSPS) is 17.6. The second-order valence-corrected chi connectivity index (χ2v) is 8.33. The number of amides is 1. The third kappa shape index (κ3) is 3.62. The molecule has 2 aliphatic rings. The number of rotatable bonds is 3. The van der Waals surface area contributed by atoms with Crippen LogP contribution in [0.15, 0.2) is 24.7 Å². The van der Waals surface area contributed by atoms with Gasteiger partial charge in [0.05, 0.1) is 0 Å². The van der Waals surface area contributed by atoms with E-state index in [1.54, 1.807) is 12.5 Å². The minimum Gasteiger partial charge on any atom is -0.355 e. The molecule has 0 unspecified atom stereocenters. The van der Waals surface area contributed by atoms with Gasteiger partial charge in [0.1, 0.15) is 18.0 Å². The topological polar surface area (TPSA) is 88.8 Å². The Balaban J connectivity index is 1.30. The van der Waals surface area contributed by atoms with Gasteiger partial charge in [-0.25, -0.2) is 19.9 Å². The Kier molecular flexibility index (Phi) is 5.06. The van der Waals surface area contributed by atoms with Crippen LogP contribution in [-0.4, -0.2) is 43.5 Å². The summed E-state index contributed by atoms with van der Waals surface area (Å²) in [7, 11) is 0. The molecular weight excluding hydrogens is 378 g/mol. The number of aromatic nitrogens is 5. The van der Waals surface area contributed by atoms with Gasteiger partial charge in [0.15, 0.2) is 17.0 Å². The Morgan fingerprint density at radius 2 is 1.97 bits per heavy atom. The van der Waals surface area contributed by atoms with Crippen molar-refractivity contribution in [2.24, 2.45) is 5.92 Å². The van der Waals surface area contributed by atoms with Crippen LogP contribution >= 0.6 is 0 Å². The summed E-state index contributed by atoms with van der Waals surface area (Å²) >= 11 is 0. The van der Waals surface area contributed by atoms with Crippen LogP contribution in [0.4, 0.5) is 11.6 Å². The average molecular weight is 406 g/mol. The van der Waals surface area contributed by atoms with E-state index >= 15 is 0 Å². The summed E-state index contributed by atoms with van der Waals surface area (Å²) in [5, 5.41) is 2.97. The molecule has 0 bridgehead atoms. The molecule has 5 heterocycles. The van der Waals surface area contributed by atoms with E-state index in [4.69, 9.17) is 4.98 Å². The van der Waals surface area contributed by atoms with Crippen molar-refractivity contribution in [1.29, 1.82) is 0 Å². The maximum atomic E-state index is 12.7. The van der Waals surface area contributed by atoms with Crippen LogP contribution in [0.1, 0.15) is 43.5 Å². The van der Waals surface area contributed by atoms with E-state index in [0.717, 1.165) is 67.3 Å². The second-order valence-electron chi connectivity index (χ2n) is 8.33. The molecule has 8 heteroatoms. The van der Waals surface area contributed by atoms with Crippen molar-refractivity contribution in [2.45, 2.75) is 52.0 Å². The van der Waals surface area contributed by atoms with Gasteiger partial charge in [-0.3, -0.25) is 4.79 Å². The number of nitrogens with zero attached hydrogens (tertiary/aromatic N) is 6. The average Bonchev–Trinajstić information content (AvgIpc) is 2.95. The van der Waals surface area contributed by atoms with Crippen molar-refractivity contribution in [3.8, 4) is 0 Å². The summed E-state index contributed by atoms with van der Waals surface area (Å²) in [6.45, 7) is 4.55. The summed E-state index contributed by atoms with van der Waals surface area (Å²) in [5.41, 5.74) is 2.94. The van der Waals surface area contributed by atoms with Gasteiger partial charge in [0, 0.05) is 38.2 Å². The summed E-state index contributed by atoms with van der Waals surface area (Å²) < 4.78 is 2.27. The first-order chi connectivity index (χ1) is 14.7. The molecule has 3 aromatic rings. The molecular formula is C22H27N7O. The molecule has 3 aromatic heterocycles. The third-order valence-electron chi connectivity index (χ3n) is 6.21. The number of anilines is 2. The summed E-state index contributed by atoms with van der Waals surface area (Å²) in [5.74, 6) is 2.69. The Morgan fingerprint density at radius 1 is 1.10 bits per heavy atom. The fourth-order valence-electron chi connectivity index (χ4n) is 4.54. The van der Waals surface area contributed by atoms with Gasteiger partial charge >= 0.3 is 0 Å². The van der Waals surface area contributed by atoms with E-state index in [2.05, 4.69) is 29.7 Å². The molecule has 1 saturated heterocycles. The van der Waals surface area contributed by atoms with Crippen LogP contribution in [-0.2, 0) is 17.8 Å². The molecule has 156 valence electrons. The number of pyridine rings is 1. The van der Waals surface area contributed by atoms with Crippen LogP contribution in [0, 0.1) is 12.8 Å². The zero-order valence-electron chi connectivity index (χ0n) is 17.3. The molecule has 0 atom stereocenters. The van der Waals surface area contributed by atoms with Gasteiger partial charge in [-0.15, -0.1) is 0 Å². The molecule has 5 rings (SSSR count). The summed E-state index contributed by atoms with van der Waals surface area (Å²) in [4.78, 5) is 33.2. The smallest absolute Gasteiger partial charge is 0.228 e. The molecule has 0 spiro atoms. The maximum Gasteiger partial charge on any atom is 0.228 e. The first-order valence-electron chi connectivity index (χ1n) is 10.9. The van der Waals surface area contributed by atoms with Crippen LogP contribution in [0.3, 0.4) is 0 Å². The van der Waals surface area contributed by atoms with Crippen molar-refractivity contribution in [2.75, 3.05) is 23.3 Å². The lowest BCUT2D eigenvalue weighted by Gasteiger charge is -2.32. The zero-order chi connectivity index (χ0) is 20.5. The maximum absolute atomic E-state index is 12.7. The monoisotopic (exact) mass is 405 g/mol. The third-order valence-corrected chi connectivity index (χ3v) is 6.21. The van der Waals surface area contributed by atoms with E-state index in [1.807, 2.05) is 19.1 Å². The van der Waals surface area contributed by atoms with E-state index in [0.29, 0.717) is 5.82 Å². The predicted octanol–water partition coefficient (Wildman–Crippen LogP) is 3.11. The van der Waals surface area contributed by atoms with Crippen LogP contribution in [0.25, 0.3) is 11.2 Å². The van der Waals surface area contributed by atoms with Gasteiger partial charge < -0.3 is 14.8 Å². The molecule has 1 amide bonds. The Bertz CT molecular complexity index is 1070. The van der Waals surface area contributed by atoms with Crippen LogP contribution in [0.2, 0.25) is 0 Å². The minimum absolute atomic E-state index is 0.0143. The second kappa shape index (κ2) is 8.01. The van der Waals surface area contributed by atoms with E-state index in [9.17, 15) is 4.79 Å². The van der Waals surface area contributed by atoms with Crippen molar-refractivity contribution in [3.05, 3.63) is 36.0 Å². The number of hydrogen-bond donors (Lipinski definition) is 1. The number of carbonyl (C=O) groups is 1. The molecule has 0 aliphatic carbocycles. The lowest BCUT2D eigenvalue weighted by Crippen LogP contribution is -2.38. The molecule has 0 radical (unpaired) electrons. The number of carbonyl (C=O) groups excluding carboxylic acids is 1. The highest BCUT2D eigenvalue weighted by atomic mass is 16.1. The van der Waals surface area contributed by atoms with Gasteiger partial charge in [-0.05, 0) is 50.3 Å². The largest absolute Gasteiger partial charge is 0.355 e. The fourth-order valence-corrected chi connectivity index (χ4v) is 4.54. The van der Waals surface area contributed by atoms with Gasteiger partial charge in [0.25, 0.3) is 0 Å². The van der Waals surface area contributed by atoms with E-state index in [1.165, 1.54) is 19.3 Å². The number of imidazole rings is 1. The number of fused-ring (bicyclic) bond motifs is 3. The van der Waals surface area contributed by atoms with Gasteiger partial charge in [-0.1, -0.05) is 6.42 Å². The molecule has 0 aromatic carbocycles. The highest BCUT2D eigenvalue weighted by Crippen LogP contribution is 2.29. The molecule has 0 saturated carbocycles. The zero-order valence-corrected chi connectivity index (χ0v) is 17.3. The first-order valence-corrected chi connectivity index (χ1v) is 10.9. The highest BCUT2D eigenvalue weighted by Gasteiger charge is 2.28. The Morgan fingerprint density at radius 3 is 2.80 bits per heavy atom. The van der Waals surface area contributed by atoms with Crippen LogP contribution in [0.5, 0.6) is 0 Å². The molecule has 1 fully saturated rings. The molecule has 30 heavy (non-hydrogen) atoms. The minimum atomic E-state index is -0.0143. The van der Waals surface area contributed by atoms with Gasteiger partial charge in [0.2, 0.25) is 5.91 Å². The lowest BCUT2D eigenvalue weighted by molar-refractivity contribution is -0.120. The Hall–Kier alpha value is -3.03. The molecule has 8 nitrogen and oxygen atoms in total. The highest BCUT2D eigenvalue weighted by molar-refractivity contribution is 5.92. The number of piperidine rings is 1. The lowest BCUT2D eigenvalue weighted by atomic mass is 9.96. The van der Waals surface area contributed by atoms with Crippen molar-refractivity contribution in [1.82, 2.24) is 24.5 Å². The standard InChI is InChI=1S/C22H27N7O/c1-15-6-9-23-17(13-15)26-22(30)16-7-11-28(12-8-16)20-19-21(25-14-24-20)29-10-4-2-3-5-18(29)27-19/h6,9,13-14,16H,2-5,7-8,10-12H2,1H3,(H,23,26,30). The molecule has 1 N–H and O–H groups in total. The van der Waals surface area contributed by atoms with E-state index in [-0.39, 0.29) is 11.8 Å².